The van der Waals surface area contributed by atoms with Crippen LogP contribution in [0.3, 0.4) is 0 Å². The van der Waals surface area contributed by atoms with Gasteiger partial charge in [-0.3, -0.25) is 0 Å². The molecule has 0 aliphatic heterocycles. The van der Waals surface area contributed by atoms with Gasteiger partial charge in [0, 0.05) is 15.4 Å². The minimum Gasteiger partial charge on any atom is -0.414 e. The Hall–Kier alpha value is -0.166. The molecule has 0 bridgehead atoms. The van der Waals surface area contributed by atoms with E-state index in [1.807, 2.05) is 0 Å². The third kappa shape index (κ3) is 15.8. The van der Waals surface area contributed by atoms with Crippen molar-refractivity contribution in [3.8, 4) is 0 Å². The van der Waals surface area contributed by atoms with Crippen LogP contribution < -0.4 is 0 Å². The summed E-state index contributed by atoms with van der Waals surface area (Å²) in [6.45, 7) is 25.2. The minimum absolute atomic E-state index is 0.420. The molecular formula is C15H34O2Si2. The molecule has 0 saturated heterocycles. The molecule has 0 radical (unpaired) electrons. The van der Waals surface area contributed by atoms with Crippen molar-refractivity contribution in [3.05, 3.63) is 25.3 Å². The molecule has 0 unspecified atom stereocenters. The first kappa shape index (κ1) is 21.1. The number of hydrogen-bond acceptors (Lipinski definition) is 2. The van der Waals surface area contributed by atoms with Crippen molar-refractivity contribution in [2.24, 2.45) is 0 Å². The Morgan fingerprint density at radius 2 is 1.53 bits per heavy atom. The Kier molecular flexibility index (Phi) is 11.8. The van der Waals surface area contributed by atoms with Crippen LogP contribution in [0.15, 0.2) is 25.3 Å². The number of rotatable bonds is 8. The van der Waals surface area contributed by atoms with Crippen LogP contribution in [-0.4, -0.2) is 36.9 Å². The van der Waals surface area contributed by atoms with Crippen LogP contribution >= 0.6 is 0 Å². The van der Waals surface area contributed by atoms with Crippen LogP contribution in [0.4, 0.5) is 0 Å². The van der Waals surface area contributed by atoms with Gasteiger partial charge in [0.2, 0.25) is 0 Å². The summed E-state index contributed by atoms with van der Waals surface area (Å²) in [4.78, 5) is 0. The largest absolute Gasteiger partial charge is 0.414 e. The quantitative estimate of drug-likeness (QED) is 0.374. The summed E-state index contributed by atoms with van der Waals surface area (Å²) < 4.78 is 10.8. The summed E-state index contributed by atoms with van der Waals surface area (Å²) in [5.41, 5.74) is 0. The maximum atomic E-state index is 5.43. The van der Waals surface area contributed by atoms with E-state index in [0.717, 1.165) is 6.61 Å². The predicted octanol–water partition coefficient (Wildman–Crippen LogP) is 4.48. The maximum absolute atomic E-state index is 5.43. The lowest BCUT2D eigenvalue weighted by molar-refractivity contribution is 0.139. The molecule has 0 aromatic carbocycles. The van der Waals surface area contributed by atoms with Crippen molar-refractivity contribution in [1.29, 1.82) is 0 Å². The molecule has 0 fully saturated rings. The van der Waals surface area contributed by atoms with E-state index in [0.29, 0.717) is 18.3 Å². The molecule has 0 aromatic heterocycles. The molecule has 0 amide bonds. The van der Waals surface area contributed by atoms with Gasteiger partial charge in [-0.2, -0.15) is 0 Å². The van der Waals surface area contributed by atoms with E-state index < -0.39 is 17.1 Å². The maximum Gasteiger partial charge on any atom is 0.184 e. The smallest absolute Gasteiger partial charge is 0.184 e. The van der Waals surface area contributed by atoms with Crippen LogP contribution in [0, 0.1) is 0 Å². The summed E-state index contributed by atoms with van der Waals surface area (Å²) in [5.74, 6) is 0. The fraction of sp³-hybridized carbons (Fsp3) is 0.733. The molecular weight excluding hydrogens is 268 g/mol. The van der Waals surface area contributed by atoms with Gasteiger partial charge in [0.25, 0.3) is 0 Å². The van der Waals surface area contributed by atoms with Gasteiger partial charge in [0.1, 0.15) is 0 Å². The molecule has 0 heterocycles. The van der Waals surface area contributed by atoms with Gasteiger partial charge in [-0.25, -0.2) is 0 Å². The number of hydrogen-bond donors (Lipinski definition) is 0. The summed E-state index contributed by atoms with van der Waals surface area (Å²) >= 11 is 0. The summed E-state index contributed by atoms with van der Waals surface area (Å²) in [6.07, 6.45) is 3.59. The first-order valence-corrected chi connectivity index (χ1v) is 13.3. The minimum atomic E-state index is -1.25. The summed E-state index contributed by atoms with van der Waals surface area (Å²) in [6, 6.07) is 0. The Morgan fingerprint density at radius 1 is 1.05 bits per heavy atom. The second-order valence-corrected chi connectivity index (χ2v) is 15.0. The van der Waals surface area contributed by atoms with Gasteiger partial charge < -0.3 is 9.16 Å². The third-order valence-corrected chi connectivity index (χ3v) is 7.23. The van der Waals surface area contributed by atoms with E-state index in [-0.39, 0.29) is 0 Å². The van der Waals surface area contributed by atoms with Crippen LogP contribution in [0.2, 0.25) is 37.8 Å². The highest BCUT2D eigenvalue weighted by molar-refractivity contribution is 6.69. The van der Waals surface area contributed by atoms with Crippen molar-refractivity contribution < 1.29 is 9.16 Å². The van der Waals surface area contributed by atoms with Crippen LogP contribution in [-0.2, 0) is 9.16 Å². The van der Waals surface area contributed by atoms with Gasteiger partial charge in [0.15, 0.2) is 8.32 Å². The van der Waals surface area contributed by atoms with Gasteiger partial charge >= 0.3 is 0 Å². The zero-order valence-electron chi connectivity index (χ0n) is 14.1. The van der Waals surface area contributed by atoms with Crippen LogP contribution in [0.5, 0.6) is 0 Å². The van der Waals surface area contributed by atoms with Gasteiger partial charge in [-0.1, -0.05) is 39.1 Å². The van der Waals surface area contributed by atoms with Crippen molar-refractivity contribution in [3.63, 3.8) is 0 Å². The van der Waals surface area contributed by atoms with E-state index in [2.05, 4.69) is 59.7 Å². The summed E-state index contributed by atoms with van der Waals surface area (Å²) in [7, 11) is -1.83. The van der Waals surface area contributed by atoms with Crippen LogP contribution in [0.25, 0.3) is 0 Å². The first-order chi connectivity index (χ1) is 8.56. The molecule has 2 nitrogen and oxygen atoms in total. The molecule has 0 rings (SSSR count). The molecule has 114 valence electrons. The average molecular weight is 303 g/mol. The zero-order valence-corrected chi connectivity index (χ0v) is 16.2. The first-order valence-electron chi connectivity index (χ1n) is 7.00. The van der Waals surface area contributed by atoms with Crippen molar-refractivity contribution in [1.82, 2.24) is 0 Å². The van der Waals surface area contributed by atoms with E-state index in [1.165, 1.54) is 0 Å². The second-order valence-electron chi connectivity index (χ2n) is 6.66. The average Bonchev–Trinajstić information content (AvgIpc) is 2.26. The standard InChI is InChI=1S/C9H20OSi.C6H14OSi/c1-6-7-10-8-9(2,3)11(4)5;1-5-6-7-8(2,3)4/h6,11H,1,7-8H2,2-5H3;5H,1,6H2,2-4H3. The zero-order chi connectivity index (χ0) is 15.5. The van der Waals surface area contributed by atoms with E-state index in [1.54, 1.807) is 12.2 Å². The monoisotopic (exact) mass is 302 g/mol. The van der Waals surface area contributed by atoms with E-state index >= 15 is 0 Å². The lowest BCUT2D eigenvalue weighted by Crippen LogP contribution is -2.26. The number of ether oxygens (including phenoxy) is 1. The van der Waals surface area contributed by atoms with Gasteiger partial charge in [-0.15, -0.1) is 13.2 Å². The van der Waals surface area contributed by atoms with Gasteiger partial charge in [-0.05, 0) is 24.7 Å². The Balaban J connectivity index is 0. The highest BCUT2D eigenvalue weighted by Gasteiger charge is 2.22. The van der Waals surface area contributed by atoms with E-state index in [4.69, 9.17) is 9.16 Å². The Labute approximate surface area is 123 Å². The molecule has 0 N–H and O–H groups in total. The topological polar surface area (TPSA) is 18.5 Å². The lowest BCUT2D eigenvalue weighted by Gasteiger charge is -2.27. The molecule has 0 aliphatic carbocycles. The van der Waals surface area contributed by atoms with E-state index in [9.17, 15) is 0 Å². The Bertz CT molecular complexity index is 243. The molecule has 0 spiro atoms. The van der Waals surface area contributed by atoms with Crippen molar-refractivity contribution >= 4 is 17.1 Å². The van der Waals surface area contributed by atoms with Gasteiger partial charge in [0.05, 0.1) is 13.2 Å². The molecule has 4 heteroatoms. The molecule has 0 saturated carbocycles. The molecule has 0 aliphatic rings. The fourth-order valence-electron chi connectivity index (χ4n) is 0.881. The molecule has 19 heavy (non-hydrogen) atoms. The van der Waals surface area contributed by atoms with Crippen molar-refractivity contribution in [2.75, 3.05) is 19.8 Å². The SMILES string of the molecule is C=CCOCC(C)(C)[SiH](C)C.C=CCO[Si](C)(C)C. The highest BCUT2D eigenvalue weighted by atomic mass is 28.4. The molecule has 0 aromatic rings. The van der Waals surface area contributed by atoms with Crippen LogP contribution in [0.1, 0.15) is 13.8 Å². The summed E-state index contributed by atoms with van der Waals surface area (Å²) in [5, 5.41) is 0.420. The Morgan fingerprint density at radius 3 is 1.79 bits per heavy atom. The lowest BCUT2D eigenvalue weighted by atomic mass is 10.2. The second kappa shape index (κ2) is 10.6. The normalized spacial score (nSPS) is 11.8. The predicted molar refractivity (Wildman–Crippen MR) is 93.4 cm³/mol. The molecule has 0 atom stereocenters. The van der Waals surface area contributed by atoms with Crippen molar-refractivity contribution in [2.45, 2.75) is 51.6 Å². The fourth-order valence-corrected chi connectivity index (χ4v) is 1.95. The third-order valence-electron chi connectivity index (χ3n) is 2.91. The highest BCUT2D eigenvalue weighted by Crippen LogP contribution is 2.27.